The SMILES string of the molecule is C=C1CCC(Nc2ccc(C3CCN(CCNC(=O)CNCc4c(OC)cc(C5=CN(C)C(=C)c6[nH]ncc65)cc4OC)CC3)cc2)C(=O)N1. The van der Waals surface area contributed by atoms with E-state index in [-0.39, 0.29) is 24.4 Å². The van der Waals surface area contributed by atoms with Crippen molar-refractivity contribution in [3.8, 4) is 11.5 Å². The Bertz CT molecular complexity index is 1730. The molecule has 2 amide bonds. The summed E-state index contributed by atoms with van der Waals surface area (Å²) in [7, 11) is 5.22. The number of nitrogens with one attached hydrogen (secondary N) is 5. The van der Waals surface area contributed by atoms with Crippen molar-refractivity contribution >= 4 is 28.8 Å². The zero-order chi connectivity index (χ0) is 35.2. The van der Waals surface area contributed by atoms with Crippen LogP contribution in [-0.4, -0.2) is 91.8 Å². The summed E-state index contributed by atoms with van der Waals surface area (Å²) in [5, 5.41) is 19.8. The Morgan fingerprint density at radius 3 is 2.46 bits per heavy atom. The fourth-order valence-corrected chi connectivity index (χ4v) is 6.94. The Morgan fingerprint density at radius 2 is 1.78 bits per heavy atom. The summed E-state index contributed by atoms with van der Waals surface area (Å²) in [6, 6.07) is 12.2. The van der Waals surface area contributed by atoms with Gasteiger partial charge in [0.25, 0.3) is 0 Å². The quantitative estimate of drug-likeness (QED) is 0.181. The number of ether oxygens (including phenoxy) is 2. The van der Waals surface area contributed by atoms with Gasteiger partial charge in [-0.15, -0.1) is 0 Å². The Hall–Kier alpha value is -5.07. The Balaban J connectivity index is 0.929. The van der Waals surface area contributed by atoms with E-state index in [1.54, 1.807) is 20.4 Å². The van der Waals surface area contributed by atoms with E-state index in [4.69, 9.17) is 9.47 Å². The number of anilines is 1. The third kappa shape index (κ3) is 7.87. The molecule has 1 atom stereocenters. The van der Waals surface area contributed by atoms with E-state index < -0.39 is 0 Å². The molecular weight excluding hydrogens is 632 g/mol. The highest BCUT2D eigenvalue weighted by molar-refractivity contribution is 5.89. The number of rotatable bonds is 13. The van der Waals surface area contributed by atoms with Gasteiger partial charge in [0.05, 0.1) is 38.4 Å². The number of aromatic amines is 1. The van der Waals surface area contributed by atoms with Crippen LogP contribution in [0.3, 0.4) is 0 Å². The standard InChI is InChI=1S/C38H48N8O4/c1-24-6-11-33(38(48)42-24)43-29-9-7-26(8-10-29)27-12-15-46(16-13-27)17-14-40-36(47)22-39-20-31-34(49-4)18-28(19-35(31)50-5)32-23-45(3)25(2)37-30(32)21-41-44-37/h7-10,18-19,21,23,27,33,39,43H,1-2,6,11-17,20,22H2,3-5H3,(H,40,47)(H,41,44)(H,42,48). The number of fused-ring (bicyclic) bond motifs is 1. The van der Waals surface area contributed by atoms with Crippen LogP contribution in [-0.2, 0) is 16.1 Å². The maximum atomic E-state index is 12.7. The van der Waals surface area contributed by atoms with Crippen LogP contribution < -0.4 is 30.7 Å². The molecule has 6 rings (SSSR count). The molecule has 2 fully saturated rings. The van der Waals surface area contributed by atoms with Crippen molar-refractivity contribution in [1.29, 1.82) is 0 Å². The van der Waals surface area contributed by atoms with E-state index in [1.165, 1.54) is 5.56 Å². The van der Waals surface area contributed by atoms with Crippen LogP contribution >= 0.6 is 0 Å². The van der Waals surface area contributed by atoms with Gasteiger partial charge in [0.2, 0.25) is 11.8 Å². The highest BCUT2D eigenvalue weighted by Gasteiger charge is 2.26. The third-order valence-corrected chi connectivity index (χ3v) is 9.88. The number of likely N-dealkylation sites (tertiary alicyclic amines) is 1. The number of carbonyl (C=O) groups excluding carboxylic acids is 2. The zero-order valence-corrected chi connectivity index (χ0v) is 29.2. The molecule has 264 valence electrons. The molecule has 0 bridgehead atoms. The lowest BCUT2D eigenvalue weighted by Crippen LogP contribution is -2.43. The van der Waals surface area contributed by atoms with E-state index in [0.29, 0.717) is 30.5 Å². The molecule has 50 heavy (non-hydrogen) atoms. The number of H-pyrrole nitrogens is 1. The van der Waals surface area contributed by atoms with Crippen molar-refractivity contribution in [2.45, 2.75) is 44.2 Å². The van der Waals surface area contributed by atoms with Crippen molar-refractivity contribution in [2.75, 3.05) is 59.3 Å². The fourth-order valence-electron chi connectivity index (χ4n) is 6.94. The maximum Gasteiger partial charge on any atom is 0.246 e. The van der Waals surface area contributed by atoms with E-state index >= 15 is 0 Å². The third-order valence-electron chi connectivity index (χ3n) is 9.88. The number of methoxy groups -OCH3 is 2. The van der Waals surface area contributed by atoms with Gasteiger partial charge < -0.3 is 40.5 Å². The maximum absolute atomic E-state index is 12.7. The van der Waals surface area contributed by atoms with Gasteiger partial charge in [-0.2, -0.15) is 5.10 Å². The van der Waals surface area contributed by atoms with Crippen LogP contribution in [0.4, 0.5) is 5.69 Å². The van der Waals surface area contributed by atoms with E-state index in [0.717, 1.165) is 90.4 Å². The largest absolute Gasteiger partial charge is 0.496 e. The second-order valence-electron chi connectivity index (χ2n) is 13.1. The predicted octanol–water partition coefficient (Wildman–Crippen LogP) is 4.02. The molecule has 12 heteroatoms. The Morgan fingerprint density at radius 1 is 1.06 bits per heavy atom. The van der Waals surface area contributed by atoms with Crippen LogP contribution in [0.5, 0.6) is 11.5 Å². The van der Waals surface area contributed by atoms with Crippen LogP contribution in [0.1, 0.15) is 59.5 Å². The molecule has 1 unspecified atom stereocenters. The van der Waals surface area contributed by atoms with Crippen molar-refractivity contribution in [1.82, 2.24) is 35.9 Å². The minimum atomic E-state index is -0.225. The summed E-state index contributed by atoms with van der Waals surface area (Å²) in [5.41, 5.74) is 8.50. The molecule has 3 aliphatic rings. The molecule has 0 saturated carbocycles. The molecule has 3 aromatic rings. The molecule has 4 heterocycles. The predicted molar refractivity (Wildman–Crippen MR) is 196 cm³/mol. The number of hydrogen-bond acceptors (Lipinski definition) is 9. The van der Waals surface area contributed by atoms with Gasteiger partial charge in [0.15, 0.2) is 0 Å². The molecular formula is C38H48N8O4. The Kier molecular flexibility index (Phi) is 10.9. The normalized spacial score (nSPS) is 18.3. The van der Waals surface area contributed by atoms with Crippen molar-refractivity contribution < 1.29 is 19.1 Å². The van der Waals surface area contributed by atoms with Crippen molar-refractivity contribution in [2.24, 2.45) is 0 Å². The number of piperidine rings is 2. The number of hydrogen-bond donors (Lipinski definition) is 5. The highest BCUT2D eigenvalue weighted by atomic mass is 16.5. The first-order chi connectivity index (χ1) is 24.2. The topological polar surface area (TPSA) is 136 Å². The van der Waals surface area contributed by atoms with E-state index in [2.05, 4.69) is 73.8 Å². The number of benzene rings is 2. The van der Waals surface area contributed by atoms with Crippen LogP contribution in [0, 0.1) is 0 Å². The lowest BCUT2D eigenvalue weighted by molar-refractivity contribution is -0.122. The molecule has 12 nitrogen and oxygen atoms in total. The monoisotopic (exact) mass is 680 g/mol. The zero-order valence-electron chi connectivity index (χ0n) is 29.2. The van der Waals surface area contributed by atoms with Crippen molar-refractivity contribution in [3.63, 3.8) is 0 Å². The summed E-state index contributed by atoms with van der Waals surface area (Å²) in [5.74, 6) is 1.77. The number of allylic oxidation sites excluding steroid dienone is 1. The van der Waals surface area contributed by atoms with Gasteiger partial charge in [0, 0.05) is 61.0 Å². The molecule has 2 aromatic carbocycles. The smallest absolute Gasteiger partial charge is 0.246 e. The molecule has 1 aromatic heterocycles. The summed E-state index contributed by atoms with van der Waals surface area (Å²) >= 11 is 0. The van der Waals surface area contributed by atoms with Crippen LogP contribution in [0.25, 0.3) is 11.3 Å². The lowest BCUT2D eigenvalue weighted by atomic mass is 9.89. The Labute approximate surface area is 294 Å². The number of aromatic nitrogens is 2. The first-order valence-electron chi connectivity index (χ1n) is 17.2. The molecule has 0 radical (unpaired) electrons. The minimum Gasteiger partial charge on any atom is -0.496 e. The van der Waals surface area contributed by atoms with Crippen molar-refractivity contribution in [3.05, 3.63) is 95.6 Å². The lowest BCUT2D eigenvalue weighted by Gasteiger charge is -2.32. The van der Waals surface area contributed by atoms with Gasteiger partial charge in [-0.1, -0.05) is 25.3 Å². The average molecular weight is 681 g/mol. The molecule has 2 saturated heterocycles. The summed E-state index contributed by atoms with van der Waals surface area (Å²) in [6.45, 7) is 12.0. The summed E-state index contributed by atoms with van der Waals surface area (Å²) in [4.78, 5) is 29.3. The molecule has 3 aliphatic heterocycles. The number of carbonyl (C=O) groups is 2. The minimum absolute atomic E-state index is 0.0170. The fraction of sp³-hybridized carbons (Fsp3) is 0.395. The summed E-state index contributed by atoms with van der Waals surface area (Å²) < 4.78 is 11.6. The van der Waals surface area contributed by atoms with E-state index in [1.807, 2.05) is 30.3 Å². The van der Waals surface area contributed by atoms with Crippen LogP contribution in [0.15, 0.2) is 67.6 Å². The van der Waals surface area contributed by atoms with Crippen LogP contribution in [0.2, 0.25) is 0 Å². The first-order valence-corrected chi connectivity index (χ1v) is 17.2. The molecule has 0 aliphatic carbocycles. The average Bonchev–Trinajstić information content (AvgIpc) is 3.62. The first kappa shape index (κ1) is 34.8. The second kappa shape index (κ2) is 15.6. The number of amides is 2. The van der Waals surface area contributed by atoms with Gasteiger partial charge in [-0.3, -0.25) is 14.7 Å². The van der Waals surface area contributed by atoms with Gasteiger partial charge in [0.1, 0.15) is 17.5 Å². The highest BCUT2D eigenvalue weighted by Crippen LogP contribution is 2.39. The second-order valence-corrected chi connectivity index (χ2v) is 13.1. The van der Waals surface area contributed by atoms with Gasteiger partial charge >= 0.3 is 0 Å². The van der Waals surface area contributed by atoms with E-state index in [9.17, 15) is 9.59 Å². The molecule has 0 spiro atoms. The van der Waals surface area contributed by atoms with Gasteiger partial charge in [-0.25, -0.2) is 0 Å². The van der Waals surface area contributed by atoms with Gasteiger partial charge in [-0.05, 0) is 80.1 Å². The summed E-state index contributed by atoms with van der Waals surface area (Å²) in [6.07, 6.45) is 7.52. The molecule has 5 N–H and O–H groups in total. The number of nitrogens with zero attached hydrogens (tertiary/aromatic N) is 3.